The van der Waals surface area contributed by atoms with Crippen molar-refractivity contribution in [1.82, 2.24) is 29.7 Å². The predicted molar refractivity (Wildman–Crippen MR) is 108 cm³/mol. The Hall–Kier alpha value is -2.52. The lowest BCUT2D eigenvalue weighted by Crippen LogP contribution is -2.12. The lowest BCUT2D eigenvalue weighted by molar-refractivity contribution is 0.786. The second kappa shape index (κ2) is 6.90. The van der Waals surface area contributed by atoms with E-state index in [0.29, 0.717) is 11.2 Å². The molecule has 4 aromatic rings. The van der Waals surface area contributed by atoms with Crippen molar-refractivity contribution in [2.45, 2.75) is 31.2 Å². The molecule has 0 spiro atoms. The van der Waals surface area contributed by atoms with Gasteiger partial charge in [-0.2, -0.15) is 0 Å². The van der Waals surface area contributed by atoms with Gasteiger partial charge in [0.1, 0.15) is 10.7 Å². The molecule has 0 bridgehead atoms. The van der Waals surface area contributed by atoms with E-state index in [1.54, 1.807) is 23.7 Å². The molecule has 0 amide bonds. The highest BCUT2D eigenvalue weighted by atomic mass is 32.2. The van der Waals surface area contributed by atoms with E-state index in [9.17, 15) is 4.79 Å². The molecule has 4 rings (SSSR count). The standard InChI is InChI=1S/C18H18N6OS2/c1-9-10(2)26-17-13(9)16(25)20-14(21-17)11(3)27-18-23-22-15(24(18)4)12-5-7-19-8-6-12/h5-8,11H,1-4H3,(H,20,21,25)/t11-/m1/s1. The van der Waals surface area contributed by atoms with Crippen molar-refractivity contribution >= 4 is 33.3 Å². The maximum atomic E-state index is 12.5. The number of hydrogen-bond acceptors (Lipinski definition) is 7. The normalized spacial score (nSPS) is 12.6. The molecule has 0 unspecified atom stereocenters. The smallest absolute Gasteiger partial charge is 0.259 e. The summed E-state index contributed by atoms with van der Waals surface area (Å²) < 4.78 is 1.94. The molecule has 0 fully saturated rings. The van der Waals surface area contributed by atoms with Crippen molar-refractivity contribution in [3.8, 4) is 11.4 Å². The second-order valence-electron chi connectivity index (χ2n) is 6.28. The van der Waals surface area contributed by atoms with Crippen molar-refractivity contribution in [2.24, 2.45) is 7.05 Å². The average molecular weight is 399 g/mol. The summed E-state index contributed by atoms with van der Waals surface area (Å²) in [5.74, 6) is 1.42. The van der Waals surface area contributed by atoms with Gasteiger partial charge in [0.2, 0.25) is 0 Å². The molecule has 0 saturated heterocycles. The van der Waals surface area contributed by atoms with E-state index >= 15 is 0 Å². The Balaban J connectivity index is 1.65. The predicted octanol–water partition coefficient (Wildman–Crippen LogP) is 3.65. The van der Waals surface area contributed by atoms with E-state index in [-0.39, 0.29) is 10.8 Å². The quantitative estimate of drug-likeness (QED) is 0.528. The molecule has 1 N–H and O–H groups in total. The molecule has 0 aliphatic heterocycles. The minimum atomic E-state index is -0.0836. The molecule has 0 saturated carbocycles. The Kier molecular flexibility index (Phi) is 4.56. The van der Waals surface area contributed by atoms with E-state index in [1.165, 1.54) is 11.8 Å². The fraction of sp³-hybridized carbons (Fsp3) is 0.278. The van der Waals surface area contributed by atoms with Gasteiger partial charge in [-0.25, -0.2) is 4.98 Å². The van der Waals surface area contributed by atoms with Gasteiger partial charge in [0, 0.05) is 29.9 Å². The molecule has 1 atom stereocenters. The van der Waals surface area contributed by atoms with Crippen LogP contribution in [0, 0.1) is 13.8 Å². The maximum absolute atomic E-state index is 12.5. The Morgan fingerprint density at radius 1 is 1.22 bits per heavy atom. The van der Waals surface area contributed by atoms with Gasteiger partial charge in [-0.05, 0) is 38.5 Å². The third-order valence-corrected chi connectivity index (χ3v) is 6.74. The highest BCUT2D eigenvalue weighted by molar-refractivity contribution is 7.99. The van der Waals surface area contributed by atoms with Gasteiger partial charge < -0.3 is 9.55 Å². The molecule has 27 heavy (non-hydrogen) atoms. The van der Waals surface area contributed by atoms with Gasteiger partial charge in [0.15, 0.2) is 11.0 Å². The summed E-state index contributed by atoms with van der Waals surface area (Å²) in [6, 6.07) is 3.80. The number of hydrogen-bond donors (Lipinski definition) is 1. The number of fused-ring (bicyclic) bond motifs is 1. The Morgan fingerprint density at radius 2 is 1.96 bits per heavy atom. The summed E-state index contributed by atoms with van der Waals surface area (Å²) in [4.78, 5) is 26.1. The first-order valence-electron chi connectivity index (χ1n) is 8.42. The number of H-pyrrole nitrogens is 1. The third kappa shape index (κ3) is 3.17. The van der Waals surface area contributed by atoms with Gasteiger partial charge in [-0.1, -0.05) is 11.8 Å². The molecule has 0 radical (unpaired) electrons. The van der Waals surface area contributed by atoms with E-state index in [2.05, 4.69) is 25.1 Å². The Bertz CT molecular complexity index is 1180. The monoisotopic (exact) mass is 398 g/mol. The molecular formula is C18H18N6OS2. The molecule has 7 nitrogen and oxygen atoms in total. The van der Waals surface area contributed by atoms with Crippen LogP contribution in [0.5, 0.6) is 0 Å². The third-order valence-electron chi connectivity index (χ3n) is 4.50. The number of thiophene rings is 1. The van der Waals surface area contributed by atoms with Crippen molar-refractivity contribution < 1.29 is 0 Å². The molecule has 0 aliphatic rings. The summed E-state index contributed by atoms with van der Waals surface area (Å²) in [7, 11) is 1.93. The summed E-state index contributed by atoms with van der Waals surface area (Å²) >= 11 is 3.07. The minimum Gasteiger partial charge on any atom is -0.309 e. The Morgan fingerprint density at radius 3 is 2.70 bits per heavy atom. The topological polar surface area (TPSA) is 89.3 Å². The number of pyridine rings is 1. The van der Waals surface area contributed by atoms with Gasteiger partial charge >= 0.3 is 0 Å². The summed E-state index contributed by atoms with van der Waals surface area (Å²) in [6.45, 7) is 5.98. The van der Waals surface area contributed by atoms with Crippen LogP contribution in [0.15, 0.2) is 34.5 Å². The average Bonchev–Trinajstić information content (AvgIpc) is 3.16. The molecular weight excluding hydrogens is 380 g/mol. The number of thioether (sulfide) groups is 1. The summed E-state index contributed by atoms with van der Waals surface area (Å²) in [6.07, 6.45) is 3.46. The van der Waals surface area contributed by atoms with Crippen LogP contribution in [0.4, 0.5) is 0 Å². The van der Waals surface area contributed by atoms with Crippen LogP contribution < -0.4 is 5.56 Å². The first-order chi connectivity index (χ1) is 13.0. The van der Waals surface area contributed by atoms with E-state index in [0.717, 1.165) is 31.8 Å². The zero-order chi connectivity index (χ0) is 19.1. The first kappa shape index (κ1) is 17.9. The zero-order valence-electron chi connectivity index (χ0n) is 15.3. The fourth-order valence-corrected chi connectivity index (χ4v) is 4.76. The number of aromatic nitrogens is 6. The minimum absolute atomic E-state index is 0.0713. The van der Waals surface area contributed by atoms with Gasteiger partial charge in [-0.15, -0.1) is 21.5 Å². The molecule has 9 heteroatoms. The van der Waals surface area contributed by atoms with E-state index in [4.69, 9.17) is 0 Å². The number of rotatable bonds is 4. The van der Waals surface area contributed by atoms with E-state index in [1.807, 2.05) is 44.5 Å². The van der Waals surface area contributed by atoms with Crippen LogP contribution in [0.3, 0.4) is 0 Å². The molecule has 138 valence electrons. The first-order valence-corrected chi connectivity index (χ1v) is 10.1. The van der Waals surface area contributed by atoms with E-state index < -0.39 is 0 Å². The number of nitrogens with one attached hydrogen (secondary N) is 1. The fourth-order valence-electron chi connectivity index (χ4n) is 2.85. The number of aromatic amines is 1. The van der Waals surface area contributed by atoms with Crippen molar-refractivity contribution in [2.75, 3.05) is 0 Å². The zero-order valence-corrected chi connectivity index (χ0v) is 17.0. The largest absolute Gasteiger partial charge is 0.309 e. The molecule has 0 aliphatic carbocycles. The number of nitrogens with zero attached hydrogens (tertiary/aromatic N) is 5. The van der Waals surface area contributed by atoms with Crippen LogP contribution in [-0.4, -0.2) is 29.7 Å². The highest BCUT2D eigenvalue weighted by Gasteiger charge is 2.19. The molecule has 4 heterocycles. The SMILES string of the molecule is Cc1sc2nc([C@@H](C)Sc3nnc(-c4ccncc4)n3C)[nH]c(=O)c2c1C. The second-order valence-corrected chi connectivity index (χ2v) is 8.79. The maximum Gasteiger partial charge on any atom is 0.259 e. The van der Waals surface area contributed by atoms with Gasteiger partial charge in [0.05, 0.1) is 10.6 Å². The van der Waals surface area contributed by atoms with Crippen molar-refractivity contribution in [3.05, 3.63) is 51.1 Å². The highest BCUT2D eigenvalue weighted by Crippen LogP contribution is 2.34. The number of aryl methyl sites for hydroxylation is 2. The van der Waals surface area contributed by atoms with Crippen LogP contribution in [0.2, 0.25) is 0 Å². The van der Waals surface area contributed by atoms with Crippen LogP contribution in [0.1, 0.15) is 28.4 Å². The lowest BCUT2D eigenvalue weighted by Gasteiger charge is -2.10. The van der Waals surface area contributed by atoms with Crippen molar-refractivity contribution in [3.63, 3.8) is 0 Å². The van der Waals surface area contributed by atoms with Crippen LogP contribution in [-0.2, 0) is 7.05 Å². The van der Waals surface area contributed by atoms with Gasteiger partial charge in [0.25, 0.3) is 5.56 Å². The van der Waals surface area contributed by atoms with Crippen LogP contribution >= 0.6 is 23.1 Å². The van der Waals surface area contributed by atoms with Gasteiger partial charge in [-0.3, -0.25) is 9.78 Å². The Labute approximate surface area is 163 Å². The molecule has 0 aromatic carbocycles. The van der Waals surface area contributed by atoms with Crippen molar-refractivity contribution in [1.29, 1.82) is 0 Å². The van der Waals surface area contributed by atoms with Crippen LogP contribution in [0.25, 0.3) is 21.6 Å². The lowest BCUT2D eigenvalue weighted by atomic mass is 10.2. The molecule has 4 aromatic heterocycles. The summed E-state index contributed by atoms with van der Waals surface area (Å²) in [5.41, 5.74) is 1.88. The summed E-state index contributed by atoms with van der Waals surface area (Å²) in [5, 5.41) is 9.97.